The maximum absolute atomic E-state index is 6.41. The number of hydrogen-bond acceptors (Lipinski definition) is 13. The summed E-state index contributed by atoms with van der Waals surface area (Å²) in [5.41, 5.74) is 32.6. The number of halogens is 1. The molecular formula is C120H93BIN14O2PS. The molecule has 0 amide bonds. The Labute approximate surface area is 831 Å². The van der Waals surface area contributed by atoms with Gasteiger partial charge in [-0.3, -0.25) is 23.7 Å². The second kappa shape index (κ2) is 37.3. The van der Waals surface area contributed by atoms with E-state index in [0.717, 1.165) is 141 Å². The van der Waals surface area contributed by atoms with Crippen LogP contribution in [0.4, 0.5) is 0 Å². The molecule has 0 N–H and O–H groups in total. The summed E-state index contributed by atoms with van der Waals surface area (Å²) in [5, 5.41) is 17.7. The summed E-state index contributed by atoms with van der Waals surface area (Å²) < 4.78 is 25.6. The maximum Gasteiger partial charge on any atom is 0.247 e. The summed E-state index contributed by atoms with van der Waals surface area (Å²) in [5.74, 6) is 4.83. The second-order valence-electron chi connectivity index (χ2n) is 37.1. The highest BCUT2D eigenvalue weighted by Gasteiger charge is 2.52. The van der Waals surface area contributed by atoms with Crippen LogP contribution in [0.15, 0.2) is 422 Å². The van der Waals surface area contributed by atoms with Crippen LogP contribution in [-0.2, 0) is 16.2 Å². The highest BCUT2D eigenvalue weighted by molar-refractivity contribution is 14.2. The quantitative estimate of drug-likeness (QED) is 0.0570. The monoisotopic (exact) mass is 1960 g/mol. The number of benzene rings is 13. The van der Waals surface area contributed by atoms with E-state index in [1.807, 2.05) is 119 Å². The summed E-state index contributed by atoms with van der Waals surface area (Å²) in [6, 6.07) is 139. The van der Waals surface area contributed by atoms with E-state index in [4.69, 9.17) is 42.6 Å². The van der Waals surface area contributed by atoms with E-state index in [2.05, 4.69) is 414 Å². The zero-order valence-corrected chi connectivity index (χ0v) is 82.0. The number of fused-ring (bicyclic) bond motifs is 13. The Morgan fingerprint density at radius 1 is 0.307 bits per heavy atom. The van der Waals surface area contributed by atoms with Crippen molar-refractivity contribution < 1.29 is 8.83 Å². The molecule has 3 aliphatic rings. The molecule has 10 heterocycles. The first kappa shape index (κ1) is 88.2. The standard InChI is InChI=1S/C45H30N6.C38H30N4S.C37H32N4O2.BHIP/c1-4-16-34(17-5-1)49-40-25-13-10-22-37(40)46-43(49)31-28-32(44-47-38-23-11-14-26-41(38)50(44)35-18-6-2-7-19-35)30-33(29-31)45-48-39-24-12-15-27-42(39)51(45)36-20-8-3-9-21-36;1-43(2)37(33-23-13-21-31(41-33)29-19-9-11-25-39-29)35(27-15-5-3-6-16-27)36(28-17-7-4-8-18-28)38(43)34-24-14-22-32(42-34)30-20-10-12-26-40-30;1-35(2,3)33-40-38-31(42-33)21-15-17-25-23-11-7-9-13-27(23)37(29(25)19-21)28-14-10-8-12-24(28)26-18-16-22(20-30(26)37)32-39-41-34(43-32)36(4,5)6;1-3-2/h1-30H;3-26H,1-2H3;7-20H,1-6H3;3H/i;;;3T. The summed E-state index contributed by atoms with van der Waals surface area (Å²) in [6.07, 6.45) is 8.38. The lowest BCUT2D eigenvalue weighted by Gasteiger charge is -2.33. The molecule has 0 saturated carbocycles. The first-order valence-corrected chi connectivity index (χ1v) is 52.6. The molecule has 0 fully saturated rings. The number of imidazole rings is 3. The van der Waals surface area contributed by atoms with E-state index in [1.165, 1.54) is 65.5 Å². The molecule has 1 spiro atoms. The zero-order chi connectivity index (χ0) is 96.3. The minimum atomic E-state index is -1.63. The number of aromatic nitrogens is 14. The normalized spacial score (nSPS) is 13.7. The van der Waals surface area contributed by atoms with Crippen molar-refractivity contribution in [3.63, 3.8) is 0 Å². The van der Waals surface area contributed by atoms with Crippen molar-refractivity contribution in [2.24, 2.45) is 0 Å². The highest BCUT2D eigenvalue weighted by Crippen LogP contribution is 2.74. The van der Waals surface area contributed by atoms with Crippen LogP contribution in [0, 0.1) is 0 Å². The van der Waals surface area contributed by atoms with Crippen molar-refractivity contribution in [1.29, 1.82) is 1.28 Å². The molecule has 2 radical (unpaired) electrons. The molecule has 1 aliphatic heterocycles. The van der Waals surface area contributed by atoms with Gasteiger partial charge in [0.1, 0.15) is 25.0 Å². The molecule has 13 aromatic carbocycles. The summed E-state index contributed by atoms with van der Waals surface area (Å²) >= 11 is 1.85. The lowest BCUT2D eigenvalue weighted by Crippen LogP contribution is -2.26. The molecule has 9 aromatic heterocycles. The van der Waals surface area contributed by atoms with Crippen molar-refractivity contribution in [1.82, 2.24) is 69.0 Å². The predicted molar refractivity (Wildman–Crippen MR) is 582 cm³/mol. The van der Waals surface area contributed by atoms with Gasteiger partial charge in [0.25, 0.3) is 0 Å². The summed E-state index contributed by atoms with van der Waals surface area (Å²) in [4.78, 5) is 38.1. The van der Waals surface area contributed by atoms with E-state index in [1.54, 1.807) is 0 Å². The Hall–Kier alpha value is -15.8. The van der Waals surface area contributed by atoms with E-state index in [0.29, 0.717) is 23.6 Å². The van der Waals surface area contributed by atoms with Gasteiger partial charge in [-0.05, 0) is 232 Å². The van der Waals surface area contributed by atoms with E-state index in [-0.39, 0.29) is 10.8 Å². The molecule has 676 valence electrons. The minimum absolute atomic E-state index is 0.235. The van der Waals surface area contributed by atoms with Gasteiger partial charge in [-0.15, -0.1) is 26.4 Å². The Morgan fingerprint density at radius 2 is 0.614 bits per heavy atom. The highest BCUT2D eigenvalue weighted by atomic mass is 127. The van der Waals surface area contributed by atoms with Crippen LogP contribution in [0.25, 0.3) is 173 Å². The average Bonchev–Trinajstić information content (AvgIpc) is 1.51. The van der Waals surface area contributed by atoms with Crippen molar-refractivity contribution in [3.05, 3.63) is 469 Å². The lowest BCUT2D eigenvalue weighted by atomic mass is 9.70. The molecule has 140 heavy (non-hydrogen) atoms. The molecule has 0 saturated heterocycles. The first-order chi connectivity index (χ1) is 68.7. The third-order valence-corrected chi connectivity index (χ3v) is 28.7. The molecule has 1 unspecified atom stereocenters. The fourth-order valence-electron chi connectivity index (χ4n) is 19.7. The van der Waals surface area contributed by atoms with Gasteiger partial charge >= 0.3 is 0 Å². The molecular weight excluding hydrogens is 1870 g/mol. The van der Waals surface area contributed by atoms with Gasteiger partial charge in [0.05, 0.1) is 74.0 Å². The smallest absolute Gasteiger partial charge is 0.247 e. The van der Waals surface area contributed by atoms with Crippen LogP contribution < -0.4 is 0 Å². The Bertz CT molecular complexity index is 7910. The fourth-order valence-corrected chi connectivity index (χ4v) is 22.6. The van der Waals surface area contributed by atoms with Crippen molar-refractivity contribution in [2.75, 3.05) is 12.5 Å². The fraction of sp³-hybridized carbons (Fsp3) is 0.0917. The second-order valence-corrected chi connectivity index (χ2v) is 42.4. The number of rotatable bonds is 14. The molecule has 20 heteroatoms. The van der Waals surface area contributed by atoms with Gasteiger partial charge in [-0.1, -0.05) is 300 Å². The third-order valence-electron chi connectivity index (χ3n) is 25.8. The molecule has 25 rings (SSSR count). The number of allylic oxidation sites excluding steroid dienone is 2. The number of para-hydroxylation sites is 9. The topological polar surface area (TPSA) is 183 Å². The number of pyridine rings is 4. The van der Waals surface area contributed by atoms with E-state index < -0.39 is 21.5 Å². The molecule has 22 aromatic rings. The number of hydrogen-bond donors (Lipinski definition) is 0. The van der Waals surface area contributed by atoms with Crippen LogP contribution in [0.2, 0.25) is 0 Å². The average molecular weight is 1970 g/mol. The Kier molecular flexibility index (Phi) is 23.5. The van der Waals surface area contributed by atoms with Gasteiger partial charge in [-0.25, -0.2) is 24.9 Å². The molecule has 1 atom stereocenters. The van der Waals surface area contributed by atoms with Gasteiger partial charge in [0.2, 0.25) is 23.6 Å². The van der Waals surface area contributed by atoms with Crippen LogP contribution in [0.3, 0.4) is 0 Å². The molecule has 2 aliphatic carbocycles. The zero-order valence-electron chi connectivity index (χ0n) is 79.1. The van der Waals surface area contributed by atoms with Gasteiger partial charge in [-0.2, -0.15) is 10.0 Å². The van der Waals surface area contributed by atoms with Crippen molar-refractivity contribution in [3.8, 4) is 119 Å². The molecule has 0 bridgehead atoms. The lowest BCUT2D eigenvalue weighted by molar-refractivity contribution is 0.399. The van der Waals surface area contributed by atoms with Crippen LogP contribution in [-0.4, -0.2) is 90.3 Å². The Morgan fingerprint density at radius 3 is 0.957 bits per heavy atom. The van der Waals surface area contributed by atoms with E-state index in [9.17, 15) is 0 Å². The summed E-state index contributed by atoms with van der Waals surface area (Å²) in [7, 11) is 3.20. The number of nitrogens with zero attached hydrogens (tertiary/aromatic N) is 14. The van der Waals surface area contributed by atoms with Crippen LogP contribution >= 0.6 is 38.1 Å². The largest absolute Gasteiger partial charge is 0.420 e. The van der Waals surface area contributed by atoms with Crippen LogP contribution in [0.1, 0.15) is 98.1 Å². The Balaban J connectivity index is 0.000000120. The first-order valence-electron chi connectivity index (χ1n) is 46.9. The van der Waals surface area contributed by atoms with E-state index >= 15 is 0 Å². The summed E-state index contributed by atoms with van der Waals surface area (Å²) in [6.45, 7) is 12.5. The van der Waals surface area contributed by atoms with Gasteiger partial charge in [0, 0.05) is 89.1 Å². The maximum atomic E-state index is 6.41. The third kappa shape index (κ3) is 16.4. The van der Waals surface area contributed by atoms with Crippen LogP contribution in [0.5, 0.6) is 0 Å². The van der Waals surface area contributed by atoms with Crippen molar-refractivity contribution in [2.45, 2.75) is 57.8 Å². The minimum Gasteiger partial charge on any atom is -0.420 e. The van der Waals surface area contributed by atoms with Gasteiger partial charge < -0.3 is 8.83 Å². The molecule has 16 nitrogen and oxygen atoms in total. The van der Waals surface area contributed by atoms with Gasteiger partial charge in [0.15, 0.2) is 0 Å². The predicted octanol–water partition coefficient (Wildman–Crippen LogP) is 29.6. The van der Waals surface area contributed by atoms with Crippen molar-refractivity contribution >= 4 is 99.7 Å². The SMILES string of the molecule is CC(C)(C)c1nnc(-c2ccc3c(c2)C2(c4ccccc4-3)c3ccccc3-c3ccc(-c4nnc(C(C)(C)C)o4)cc32)o1.CS1(C)C(c2cccc(-c3ccccn3)n2)=C(c2ccccc2)C(c2ccccc2)=C1c1cccc(-c2ccccn2)n1.[3H]P([B])I.c1ccc(-n2c(-c3cc(-c4nc5ccccc5n4-c4ccccc4)cc(-c4nc5ccccc5n4-c4ccccc4)c3)nc3ccccc32)cc1.